The number of rotatable bonds is 5. The minimum Gasteiger partial charge on any atom is -0.355 e. The van der Waals surface area contributed by atoms with Gasteiger partial charge in [0, 0.05) is 24.5 Å². The van der Waals surface area contributed by atoms with Gasteiger partial charge < -0.3 is 5.32 Å². The van der Waals surface area contributed by atoms with Crippen LogP contribution in [0.4, 0.5) is 10.3 Å². The Labute approximate surface area is 131 Å². The Morgan fingerprint density at radius 3 is 2.74 bits per heavy atom. The Kier molecular flexibility index (Phi) is 4.37. The maximum atomic E-state index is 13.1. The van der Waals surface area contributed by atoms with E-state index in [1.54, 1.807) is 30.6 Å². The predicted octanol–water partition coefficient (Wildman–Crippen LogP) is 2.02. The molecule has 23 heavy (non-hydrogen) atoms. The van der Waals surface area contributed by atoms with E-state index in [-0.39, 0.29) is 5.82 Å². The summed E-state index contributed by atoms with van der Waals surface area (Å²) >= 11 is 0. The molecule has 2 heterocycles. The molecule has 0 unspecified atom stereocenters. The molecule has 0 saturated carbocycles. The van der Waals surface area contributed by atoms with Crippen LogP contribution < -0.4 is 11.0 Å². The largest absolute Gasteiger partial charge is 0.355 e. The first-order valence-corrected chi connectivity index (χ1v) is 7.08. The van der Waals surface area contributed by atoms with Crippen molar-refractivity contribution < 1.29 is 4.39 Å². The molecule has 2 aromatic heterocycles. The van der Waals surface area contributed by atoms with E-state index in [1.165, 1.54) is 12.1 Å². The van der Waals surface area contributed by atoms with Crippen molar-refractivity contribution in [3.05, 3.63) is 70.7 Å². The van der Waals surface area contributed by atoms with E-state index in [9.17, 15) is 9.18 Å². The van der Waals surface area contributed by atoms with Crippen LogP contribution in [-0.2, 0) is 6.42 Å². The van der Waals surface area contributed by atoms with E-state index in [0.717, 1.165) is 5.56 Å². The van der Waals surface area contributed by atoms with Crippen LogP contribution in [0, 0.1) is 5.82 Å². The lowest BCUT2D eigenvalue weighted by atomic mass is 10.1. The highest BCUT2D eigenvalue weighted by Crippen LogP contribution is 2.12. The summed E-state index contributed by atoms with van der Waals surface area (Å²) in [6.07, 6.45) is 3.82. The molecule has 0 spiro atoms. The van der Waals surface area contributed by atoms with Gasteiger partial charge in [0.2, 0.25) is 5.95 Å². The van der Waals surface area contributed by atoms with Gasteiger partial charge in [-0.25, -0.2) is 9.18 Å². The van der Waals surface area contributed by atoms with Crippen LogP contribution in [-0.4, -0.2) is 26.5 Å². The lowest BCUT2D eigenvalue weighted by Gasteiger charge is -2.07. The van der Waals surface area contributed by atoms with Crippen molar-refractivity contribution in [1.82, 2.24) is 19.9 Å². The van der Waals surface area contributed by atoms with Crippen LogP contribution in [0.3, 0.4) is 0 Å². The number of aromatic amines is 1. The van der Waals surface area contributed by atoms with E-state index < -0.39 is 5.69 Å². The SMILES string of the molecule is O=c1nc(-c2ccncc2)nc(NCCc2cccc(F)c2)[nH]1. The highest BCUT2D eigenvalue weighted by atomic mass is 19.1. The molecule has 0 radical (unpaired) electrons. The standard InChI is InChI=1S/C16H14FN5O/c17-13-3-1-2-11(10-13)4-9-19-15-20-14(21-16(23)22-15)12-5-7-18-8-6-12/h1-3,5-8,10H,4,9H2,(H2,19,20,21,22,23). The first kappa shape index (κ1) is 14.8. The zero-order chi connectivity index (χ0) is 16.1. The molecule has 1 aromatic carbocycles. The number of hydrogen-bond acceptors (Lipinski definition) is 5. The summed E-state index contributed by atoms with van der Waals surface area (Å²) < 4.78 is 13.1. The molecule has 116 valence electrons. The quantitative estimate of drug-likeness (QED) is 0.753. The Morgan fingerprint density at radius 1 is 1.13 bits per heavy atom. The van der Waals surface area contributed by atoms with Gasteiger partial charge in [-0.3, -0.25) is 9.97 Å². The minimum atomic E-state index is -0.486. The van der Waals surface area contributed by atoms with Gasteiger partial charge in [-0.15, -0.1) is 0 Å². The third kappa shape index (κ3) is 3.97. The fraction of sp³-hybridized carbons (Fsp3) is 0.125. The van der Waals surface area contributed by atoms with Crippen molar-refractivity contribution in [2.24, 2.45) is 0 Å². The fourth-order valence-electron chi connectivity index (χ4n) is 2.12. The van der Waals surface area contributed by atoms with Crippen molar-refractivity contribution >= 4 is 5.95 Å². The van der Waals surface area contributed by atoms with Crippen LogP contribution in [0.15, 0.2) is 53.6 Å². The Morgan fingerprint density at radius 2 is 1.96 bits per heavy atom. The molecule has 0 aliphatic rings. The van der Waals surface area contributed by atoms with E-state index in [4.69, 9.17) is 0 Å². The maximum Gasteiger partial charge on any atom is 0.349 e. The van der Waals surface area contributed by atoms with E-state index >= 15 is 0 Å². The highest BCUT2D eigenvalue weighted by Gasteiger charge is 2.05. The number of anilines is 1. The van der Waals surface area contributed by atoms with Crippen LogP contribution in [0.25, 0.3) is 11.4 Å². The second-order valence-electron chi connectivity index (χ2n) is 4.87. The first-order chi connectivity index (χ1) is 11.2. The number of aromatic nitrogens is 4. The van der Waals surface area contributed by atoms with Gasteiger partial charge in [0.25, 0.3) is 0 Å². The summed E-state index contributed by atoms with van der Waals surface area (Å²) in [5.74, 6) is 0.385. The summed E-state index contributed by atoms with van der Waals surface area (Å²) in [5.41, 5.74) is 1.09. The second kappa shape index (κ2) is 6.78. The number of nitrogens with zero attached hydrogens (tertiary/aromatic N) is 3. The summed E-state index contributed by atoms with van der Waals surface area (Å²) in [7, 11) is 0. The number of pyridine rings is 1. The minimum absolute atomic E-state index is 0.266. The lowest BCUT2D eigenvalue weighted by Crippen LogP contribution is -2.18. The van der Waals surface area contributed by atoms with E-state index in [0.29, 0.717) is 30.3 Å². The molecule has 0 saturated heterocycles. The van der Waals surface area contributed by atoms with Crippen molar-refractivity contribution in [3.63, 3.8) is 0 Å². The molecular formula is C16H14FN5O. The summed E-state index contributed by atoms with van der Waals surface area (Å²) in [6, 6.07) is 9.85. The van der Waals surface area contributed by atoms with Gasteiger partial charge >= 0.3 is 5.69 Å². The molecule has 0 bridgehead atoms. The zero-order valence-electron chi connectivity index (χ0n) is 12.2. The van der Waals surface area contributed by atoms with Gasteiger partial charge in [-0.05, 0) is 36.2 Å². The maximum absolute atomic E-state index is 13.1. The third-order valence-corrected chi connectivity index (χ3v) is 3.18. The van der Waals surface area contributed by atoms with Gasteiger partial charge in [0.05, 0.1) is 0 Å². The van der Waals surface area contributed by atoms with Gasteiger partial charge in [0.1, 0.15) is 5.82 Å². The average Bonchev–Trinajstić information content (AvgIpc) is 2.55. The van der Waals surface area contributed by atoms with Crippen LogP contribution in [0.1, 0.15) is 5.56 Å². The van der Waals surface area contributed by atoms with Crippen molar-refractivity contribution in [1.29, 1.82) is 0 Å². The second-order valence-corrected chi connectivity index (χ2v) is 4.87. The molecule has 2 N–H and O–H groups in total. The molecule has 0 aliphatic heterocycles. The van der Waals surface area contributed by atoms with E-state index in [2.05, 4.69) is 25.3 Å². The predicted molar refractivity (Wildman–Crippen MR) is 84.5 cm³/mol. The van der Waals surface area contributed by atoms with Crippen LogP contribution in [0.5, 0.6) is 0 Å². The Bertz CT molecular complexity index is 850. The molecule has 7 heteroatoms. The number of halogens is 1. The zero-order valence-corrected chi connectivity index (χ0v) is 12.2. The molecule has 0 fully saturated rings. The van der Waals surface area contributed by atoms with Gasteiger partial charge in [-0.2, -0.15) is 9.97 Å². The molecular weight excluding hydrogens is 297 g/mol. The van der Waals surface area contributed by atoms with Crippen molar-refractivity contribution in [2.45, 2.75) is 6.42 Å². The Balaban J connectivity index is 1.71. The summed E-state index contributed by atoms with van der Waals surface area (Å²) in [4.78, 5) is 26.2. The first-order valence-electron chi connectivity index (χ1n) is 7.08. The molecule has 6 nitrogen and oxygen atoms in total. The Hall–Kier alpha value is -3.09. The average molecular weight is 311 g/mol. The molecule has 0 aliphatic carbocycles. The highest BCUT2D eigenvalue weighted by molar-refractivity contribution is 5.54. The van der Waals surface area contributed by atoms with E-state index in [1.807, 2.05) is 6.07 Å². The van der Waals surface area contributed by atoms with Gasteiger partial charge in [-0.1, -0.05) is 12.1 Å². The van der Waals surface area contributed by atoms with Crippen LogP contribution >= 0.6 is 0 Å². The topological polar surface area (TPSA) is 83.6 Å². The number of hydrogen-bond donors (Lipinski definition) is 2. The fourth-order valence-corrected chi connectivity index (χ4v) is 2.12. The third-order valence-electron chi connectivity index (χ3n) is 3.18. The monoisotopic (exact) mass is 311 g/mol. The number of H-pyrrole nitrogens is 1. The van der Waals surface area contributed by atoms with Crippen LogP contribution in [0.2, 0.25) is 0 Å². The van der Waals surface area contributed by atoms with Crippen molar-refractivity contribution in [2.75, 3.05) is 11.9 Å². The molecule has 0 atom stereocenters. The normalized spacial score (nSPS) is 10.5. The number of benzene rings is 1. The van der Waals surface area contributed by atoms with Crippen molar-refractivity contribution in [3.8, 4) is 11.4 Å². The summed E-state index contributed by atoms with van der Waals surface area (Å²) in [6.45, 7) is 0.506. The van der Waals surface area contributed by atoms with Gasteiger partial charge in [0.15, 0.2) is 5.82 Å². The molecule has 3 aromatic rings. The lowest BCUT2D eigenvalue weighted by molar-refractivity contribution is 0.625. The number of nitrogens with one attached hydrogen (secondary N) is 2. The molecule has 3 rings (SSSR count). The summed E-state index contributed by atoms with van der Waals surface area (Å²) in [5, 5.41) is 3.02. The molecule has 0 amide bonds. The smallest absolute Gasteiger partial charge is 0.349 e.